The Morgan fingerprint density at radius 1 is 1.33 bits per heavy atom. The van der Waals surface area contributed by atoms with Crippen molar-refractivity contribution in [2.45, 2.75) is 44.2 Å². The summed E-state index contributed by atoms with van der Waals surface area (Å²) in [7, 11) is 0. The Kier molecular flexibility index (Phi) is 4.13. The summed E-state index contributed by atoms with van der Waals surface area (Å²) in [6.07, 6.45) is 10.5. The molecule has 1 rings (SSSR count). The Hall–Kier alpha value is -0.520. The second-order valence-corrected chi connectivity index (χ2v) is 3.40. The molecule has 0 bridgehead atoms. The van der Waals surface area contributed by atoms with Gasteiger partial charge in [-0.05, 0) is 12.8 Å². The monoisotopic (exact) mass is 167 g/mol. The SMILES string of the molecule is C#CCNC1CCCCCC1O. The average Bonchev–Trinajstić information content (AvgIpc) is 2.27. The van der Waals surface area contributed by atoms with Crippen molar-refractivity contribution in [2.75, 3.05) is 6.54 Å². The smallest absolute Gasteiger partial charge is 0.0693 e. The Labute approximate surface area is 74.4 Å². The van der Waals surface area contributed by atoms with Crippen LogP contribution in [0.25, 0.3) is 0 Å². The quantitative estimate of drug-likeness (QED) is 0.473. The van der Waals surface area contributed by atoms with Crippen molar-refractivity contribution >= 4 is 0 Å². The van der Waals surface area contributed by atoms with Gasteiger partial charge in [0.05, 0.1) is 12.6 Å². The third-order valence-corrected chi connectivity index (χ3v) is 2.45. The Morgan fingerprint density at radius 2 is 2.08 bits per heavy atom. The van der Waals surface area contributed by atoms with E-state index < -0.39 is 0 Å². The molecule has 0 spiro atoms. The molecule has 0 aliphatic heterocycles. The van der Waals surface area contributed by atoms with Gasteiger partial charge in [0.1, 0.15) is 0 Å². The minimum Gasteiger partial charge on any atom is -0.392 e. The second kappa shape index (κ2) is 5.18. The minimum atomic E-state index is -0.194. The maximum Gasteiger partial charge on any atom is 0.0693 e. The van der Waals surface area contributed by atoms with Crippen molar-refractivity contribution in [3.8, 4) is 12.3 Å². The highest BCUT2D eigenvalue weighted by Gasteiger charge is 2.19. The van der Waals surface area contributed by atoms with Gasteiger partial charge in [0, 0.05) is 6.04 Å². The lowest BCUT2D eigenvalue weighted by molar-refractivity contribution is 0.122. The number of terminal acetylenes is 1. The summed E-state index contributed by atoms with van der Waals surface area (Å²) in [5.41, 5.74) is 0. The van der Waals surface area contributed by atoms with Crippen LogP contribution in [0.1, 0.15) is 32.1 Å². The van der Waals surface area contributed by atoms with Crippen LogP contribution in [0, 0.1) is 12.3 Å². The van der Waals surface area contributed by atoms with E-state index in [2.05, 4.69) is 11.2 Å². The maximum atomic E-state index is 9.64. The molecule has 1 aliphatic carbocycles. The third kappa shape index (κ3) is 2.84. The van der Waals surface area contributed by atoms with Gasteiger partial charge < -0.3 is 10.4 Å². The molecule has 12 heavy (non-hydrogen) atoms. The standard InChI is InChI=1S/C10H17NO/c1-2-8-11-9-6-4-3-5-7-10(9)12/h1,9-12H,3-8H2. The lowest BCUT2D eigenvalue weighted by Crippen LogP contribution is -2.39. The molecule has 1 saturated carbocycles. The van der Waals surface area contributed by atoms with Gasteiger partial charge in [-0.25, -0.2) is 0 Å². The highest BCUT2D eigenvalue weighted by Crippen LogP contribution is 2.17. The summed E-state index contributed by atoms with van der Waals surface area (Å²) in [6, 6.07) is 0.226. The molecule has 2 atom stereocenters. The summed E-state index contributed by atoms with van der Waals surface area (Å²) < 4.78 is 0. The average molecular weight is 167 g/mol. The number of hydrogen-bond acceptors (Lipinski definition) is 2. The van der Waals surface area contributed by atoms with Crippen molar-refractivity contribution in [1.29, 1.82) is 0 Å². The van der Waals surface area contributed by atoms with E-state index in [0.717, 1.165) is 19.3 Å². The molecule has 68 valence electrons. The van der Waals surface area contributed by atoms with Gasteiger partial charge in [-0.3, -0.25) is 0 Å². The Morgan fingerprint density at radius 3 is 2.83 bits per heavy atom. The van der Waals surface area contributed by atoms with Crippen molar-refractivity contribution in [3.05, 3.63) is 0 Å². The molecule has 0 aromatic rings. The Bertz CT molecular complexity index is 162. The summed E-state index contributed by atoms with van der Waals surface area (Å²) >= 11 is 0. The highest BCUT2D eigenvalue weighted by atomic mass is 16.3. The molecule has 1 fully saturated rings. The molecule has 0 radical (unpaired) electrons. The molecule has 2 unspecified atom stereocenters. The number of hydrogen-bond donors (Lipinski definition) is 2. The van der Waals surface area contributed by atoms with Crippen molar-refractivity contribution in [2.24, 2.45) is 0 Å². The maximum absolute atomic E-state index is 9.64. The normalized spacial score (nSPS) is 30.7. The molecule has 2 N–H and O–H groups in total. The summed E-state index contributed by atoms with van der Waals surface area (Å²) in [6.45, 7) is 0.571. The topological polar surface area (TPSA) is 32.3 Å². The minimum absolute atomic E-state index is 0.194. The van der Waals surface area contributed by atoms with Crippen molar-refractivity contribution in [3.63, 3.8) is 0 Å². The molecule has 2 nitrogen and oxygen atoms in total. The summed E-state index contributed by atoms with van der Waals surface area (Å²) in [5, 5.41) is 12.8. The zero-order valence-electron chi connectivity index (χ0n) is 7.42. The first-order valence-electron chi connectivity index (χ1n) is 4.69. The molecule has 0 amide bonds. The number of rotatable bonds is 2. The molecule has 2 heteroatoms. The molecule has 0 aromatic carbocycles. The first-order chi connectivity index (χ1) is 5.84. The van der Waals surface area contributed by atoms with Gasteiger partial charge in [-0.1, -0.05) is 25.2 Å². The van der Waals surface area contributed by atoms with Crippen LogP contribution in [0.3, 0.4) is 0 Å². The van der Waals surface area contributed by atoms with Gasteiger partial charge >= 0.3 is 0 Å². The number of aliphatic hydroxyl groups is 1. The van der Waals surface area contributed by atoms with Gasteiger partial charge in [-0.2, -0.15) is 0 Å². The predicted octanol–water partition coefficient (Wildman–Crippen LogP) is 0.903. The van der Waals surface area contributed by atoms with Crippen molar-refractivity contribution < 1.29 is 5.11 Å². The lowest BCUT2D eigenvalue weighted by atomic mass is 10.1. The zero-order chi connectivity index (χ0) is 8.81. The van der Waals surface area contributed by atoms with E-state index in [4.69, 9.17) is 6.42 Å². The van der Waals surface area contributed by atoms with Crippen LogP contribution in [0.5, 0.6) is 0 Å². The van der Waals surface area contributed by atoms with Gasteiger partial charge in [-0.15, -0.1) is 6.42 Å². The van der Waals surface area contributed by atoms with Crippen LogP contribution in [0.4, 0.5) is 0 Å². The summed E-state index contributed by atoms with van der Waals surface area (Å²) in [4.78, 5) is 0. The van der Waals surface area contributed by atoms with E-state index in [1.165, 1.54) is 12.8 Å². The van der Waals surface area contributed by atoms with E-state index in [1.54, 1.807) is 0 Å². The van der Waals surface area contributed by atoms with E-state index >= 15 is 0 Å². The molecule has 0 heterocycles. The van der Waals surface area contributed by atoms with E-state index in [0.29, 0.717) is 6.54 Å². The van der Waals surface area contributed by atoms with E-state index in [1.807, 2.05) is 0 Å². The van der Waals surface area contributed by atoms with Crippen LogP contribution in [-0.4, -0.2) is 23.8 Å². The second-order valence-electron chi connectivity index (χ2n) is 3.40. The van der Waals surface area contributed by atoms with Crippen molar-refractivity contribution in [1.82, 2.24) is 5.32 Å². The van der Waals surface area contributed by atoms with E-state index in [-0.39, 0.29) is 12.1 Å². The largest absolute Gasteiger partial charge is 0.392 e. The van der Waals surface area contributed by atoms with Crippen LogP contribution in [0.2, 0.25) is 0 Å². The number of nitrogens with one attached hydrogen (secondary N) is 1. The first kappa shape index (κ1) is 9.57. The van der Waals surface area contributed by atoms with Crippen LogP contribution in [-0.2, 0) is 0 Å². The fraction of sp³-hybridized carbons (Fsp3) is 0.800. The summed E-state index contributed by atoms with van der Waals surface area (Å²) in [5.74, 6) is 2.53. The molecule has 0 saturated heterocycles. The lowest BCUT2D eigenvalue weighted by Gasteiger charge is -2.20. The fourth-order valence-corrected chi connectivity index (χ4v) is 1.72. The van der Waals surface area contributed by atoms with Gasteiger partial charge in [0.15, 0.2) is 0 Å². The predicted molar refractivity (Wildman–Crippen MR) is 49.7 cm³/mol. The van der Waals surface area contributed by atoms with Crippen LogP contribution in [0.15, 0.2) is 0 Å². The first-order valence-corrected chi connectivity index (χ1v) is 4.69. The van der Waals surface area contributed by atoms with Crippen LogP contribution >= 0.6 is 0 Å². The molecule has 0 aromatic heterocycles. The van der Waals surface area contributed by atoms with Gasteiger partial charge in [0.2, 0.25) is 0 Å². The number of aliphatic hydroxyl groups excluding tert-OH is 1. The zero-order valence-corrected chi connectivity index (χ0v) is 7.42. The molecular formula is C10H17NO. The fourth-order valence-electron chi connectivity index (χ4n) is 1.72. The van der Waals surface area contributed by atoms with E-state index in [9.17, 15) is 5.11 Å². The third-order valence-electron chi connectivity index (χ3n) is 2.45. The Balaban J connectivity index is 2.32. The molecular weight excluding hydrogens is 150 g/mol. The van der Waals surface area contributed by atoms with Gasteiger partial charge in [0.25, 0.3) is 0 Å². The highest BCUT2D eigenvalue weighted by molar-refractivity contribution is 4.90. The van der Waals surface area contributed by atoms with Crippen LogP contribution < -0.4 is 5.32 Å². The molecule has 1 aliphatic rings.